The molecule has 0 aliphatic rings. The summed E-state index contributed by atoms with van der Waals surface area (Å²) in [7, 11) is 1.54. The quantitative estimate of drug-likeness (QED) is 0.893. The van der Waals surface area contributed by atoms with Gasteiger partial charge in [0.15, 0.2) is 0 Å². The highest BCUT2D eigenvalue weighted by molar-refractivity contribution is 6.33. The normalized spacial score (nSPS) is 15.3. The fraction of sp³-hybridized carbons (Fsp3) is 0.500. The third-order valence-electron chi connectivity index (χ3n) is 2.75. The Labute approximate surface area is 109 Å². The monoisotopic (exact) mass is 281 g/mol. The largest absolute Gasteiger partial charge is 0.416 e. The van der Waals surface area contributed by atoms with E-state index in [1.165, 1.54) is 13.2 Å². The summed E-state index contributed by atoms with van der Waals surface area (Å²) in [6.07, 6.45) is -4.52. The maximum Gasteiger partial charge on any atom is 0.416 e. The van der Waals surface area contributed by atoms with Crippen LogP contribution >= 0.6 is 11.6 Å². The van der Waals surface area contributed by atoms with Crippen molar-refractivity contribution in [3.8, 4) is 0 Å². The summed E-state index contributed by atoms with van der Waals surface area (Å²) in [6.45, 7) is 3.63. The molecule has 0 radical (unpaired) electrons. The van der Waals surface area contributed by atoms with Gasteiger partial charge in [-0.2, -0.15) is 13.2 Å². The van der Waals surface area contributed by atoms with E-state index >= 15 is 0 Å². The van der Waals surface area contributed by atoms with E-state index < -0.39 is 11.7 Å². The van der Waals surface area contributed by atoms with Gasteiger partial charge in [-0.25, -0.2) is 0 Å². The van der Waals surface area contributed by atoms with Crippen LogP contribution in [0.25, 0.3) is 0 Å². The van der Waals surface area contributed by atoms with Gasteiger partial charge in [-0.15, -0.1) is 0 Å². The molecule has 0 aromatic heterocycles. The van der Waals surface area contributed by atoms with Crippen molar-refractivity contribution in [3.05, 3.63) is 28.8 Å². The molecule has 2 nitrogen and oxygen atoms in total. The molecule has 2 atom stereocenters. The van der Waals surface area contributed by atoms with Crippen molar-refractivity contribution in [3.63, 3.8) is 0 Å². The van der Waals surface area contributed by atoms with Crippen LogP contribution in [0.1, 0.15) is 19.4 Å². The summed E-state index contributed by atoms with van der Waals surface area (Å²) >= 11 is 5.87. The Bertz CT molecular complexity index is 409. The standard InChI is InChI=1S/C12H15ClF3NO/c1-7(8(2)18-3)17-11-6-9(12(14,15)16)4-5-10(11)13/h4-8,17H,1-3H3. The number of rotatable bonds is 4. The van der Waals surface area contributed by atoms with Crippen LogP contribution in [0.15, 0.2) is 18.2 Å². The van der Waals surface area contributed by atoms with Crippen molar-refractivity contribution in [1.29, 1.82) is 0 Å². The van der Waals surface area contributed by atoms with Gasteiger partial charge in [-0.1, -0.05) is 11.6 Å². The lowest BCUT2D eigenvalue weighted by atomic mass is 10.1. The van der Waals surface area contributed by atoms with E-state index in [9.17, 15) is 13.2 Å². The molecule has 0 saturated heterocycles. The molecule has 18 heavy (non-hydrogen) atoms. The van der Waals surface area contributed by atoms with Crippen LogP contribution < -0.4 is 5.32 Å². The van der Waals surface area contributed by atoms with Crippen LogP contribution in [0.2, 0.25) is 5.02 Å². The maximum absolute atomic E-state index is 12.6. The second-order valence-corrected chi connectivity index (χ2v) is 4.47. The highest BCUT2D eigenvalue weighted by atomic mass is 35.5. The van der Waals surface area contributed by atoms with Gasteiger partial charge in [0.25, 0.3) is 0 Å². The first kappa shape index (κ1) is 15.1. The summed E-state index contributed by atoms with van der Waals surface area (Å²) < 4.78 is 42.8. The smallest absolute Gasteiger partial charge is 0.380 e. The fourth-order valence-corrected chi connectivity index (χ4v) is 1.55. The van der Waals surface area contributed by atoms with Gasteiger partial charge in [0.05, 0.1) is 22.4 Å². The Morgan fingerprint density at radius 3 is 2.39 bits per heavy atom. The van der Waals surface area contributed by atoms with Crippen molar-refractivity contribution in [2.75, 3.05) is 12.4 Å². The Morgan fingerprint density at radius 1 is 1.28 bits per heavy atom. The molecule has 1 aromatic rings. The van der Waals surface area contributed by atoms with E-state index in [0.29, 0.717) is 0 Å². The SMILES string of the molecule is COC(C)C(C)Nc1cc(C(F)(F)F)ccc1Cl. The zero-order chi connectivity index (χ0) is 13.9. The number of anilines is 1. The van der Waals surface area contributed by atoms with Gasteiger partial charge in [-0.05, 0) is 32.0 Å². The Morgan fingerprint density at radius 2 is 1.89 bits per heavy atom. The molecule has 1 aromatic carbocycles. The molecule has 0 aliphatic carbocycles. The number of benzene rings is 1. The van der Waals surface area contributed by atoms with Gasteiger partial charge in [-0.3, -0.25) is 0 Å². The van der Waals surface area contributed by atoms with E-state index in [4.69, 9.17) is 16.3 Å². The minimum atomic E-state index is -4.38. The molecule has 102 valence electrons. The molecule has 6 heteroatoms. The van der Waals surface area contributed by atoms with Crippen LogP contribution in [0.3, 0.4) is 0 Å². The number of alkyl halides is 3. The summed E-state index contributed by atoms with van der Waals surface area (Å²) in [4.78, 5) is 0. The molecule has 1 N–H and O–H groups in total. The summed E-state index contributed by atoms with van der Waals surface area (Å²) in [5.74, 6) is 0. The molecule has 0 spiro atoms. The van der Waals surface area contributed by atoms with Crippen molar-refractivity contribution < 1.29 is 17.9 Å². The zero-order valence-electron chi connectivity index (χ0n) is 10.3. The lowest BCUT2D eigenvalue weighted by Gasteiger charge is -2.22. The van der Waals surface area contributed by atoms with Crippen molar-refractivity contribution in [2.24, 2.45) is 0 Å². The van der Waals surface area contributed by atoms with Gasteiger partial charge in [0.1, 0.15) is 0 Å². The van der Waals surface area contributed by atoms with Crippen molar-refractivity contribution >= 4 is 17.3 Å². The average molecular weight is 282 g/mol. The highest BCUT2D eigenvalue weighted by Gasteiger charge is 2.31. The van der Waals surface area contributed by atoms with Crippen molar-refractivity contribution in [1.82, 2.24) is 0 Å². The van der Waals surface area contributed by atoms with Gasteiger partial charge in [0.2, 0.25) is 0 Å². The highest BCUT2D eigenvalue weighted by Crippen LogP contribution is 2.34. The second kappa shape index (κ2) is 5.80. The molecule has 0 amide bonds. The van der Waals surface area contributed by atoms with Crippen LogP contribution in [-0.2, 0) is 10.9 Å². The molecule has 1 rings (SSSR count). The first-order chi connectivity index (χ1) is 8.25. The van der Waals surface area contributed by atoms with Gasteiger partial charge < -0.3 is 10.1 Å². The van der Waals surface area contributed by atoms with Crippen LogP contribution in [0.5, 0.6) is 0 Å². The van der Waals surface area contributed by atoms with E-state index in [1.54, 1.807) is 0 Å². The maximum atomic E-state index is 12.6. The molecule has 0 fully saturated rings. The van der Waals surface area contributed by atoms with Crippen LogP contribution in [0, 0.1) is 0 Å². The minimum Gasteiger partial charge on any atom is -0.380 e. The van der Waals surface area contributed by atoms with E-state index in [0.717, 1.165) is 12.1 Å². The molecule has 0 bridgehead atoms. The lowest BCUT2D eigenvalue weighted by molar-refractivity contribution is -0.137. The summed E-state index contributed by atoms with van der Waals surface area (Å²) in [5, 5.41) is 3.16. The summed E-state index contributed by atoms with van der Waals surface area (Å²) in [6, 6.07) is 3.03. The molecule has 0 aliphatic heterocycles. The van der Waals surface area contributed by atoms with E-state index in [-0.39, 0.29) is 22.9 Å². The molecule has 0 heterocycles. The fourth-order valence-electron chi connectivity index (χ4n) is 1.38. The first-order valence-corrected chi connectivity index (χ1v) is 5.79. The third-order valence-corrected chi connectivity index (χ3v) is 3.08. The number of nitrogens with one attached hydrogen (secondary N) is 1. The predicted octanol–water partition coefficient (Wildman–Crippen LogP) is 4.19. The number of hydrogen-bond acceptors (Lipinski definition) is 2. The molecule has 0 saturated carbocycles. The molecular formula is C12H15ClF3NO. The number of ether oxygens (including phenoxy) is 1. The van der Waals surface area contributed by atoms with E-state index in [2.05, 4.69) is 5.32 Å². The predicted molar refractivity (Wildman–Crippen MR) is 66.0 cm³/mol. The lowest BCUT2D eigenvalue weighted by Crippen LogP contribution is -2.29. The second-order valence-electron chi connectivity index (χ2n) is 4.07. The minimum absolute atomic E-state index is 0.143. The number of hydrogen-bond donors (Lipinski definition) is 1. The zero-order valence-corrected chi connectivity index (χ0v) is 11.1. The third kappa shape index (κ3) is 3.78. The topological polar surface area (TPSA) is 21.3 Å². The number of methoxy groups -OCH3 is 1. The summed E-state index contributed by atoms with van der Waals surface area (Å²) in [5.41, 5.74) is -0.477. The van der Waals surface area contributed by atoms with Gasteiger partial charge in [0, 0.05) is 13.2 Å². The van der Waals surface area contributed by atoms with Crippen LogP contribution in [0.4, 0.5) is 18.9 Å². The Hall–Kier alpha value is -0.940. The average Bonchev–Trinajstić information content (AvgIpc) is 2.29. The Balaban J connectivity index is 2.95. The van der Waals surface area contributed by atoms with E-state index in [1.807, 2.05) is 13.8 Å². The molecule has 2 unspecified atom stereocenters. The van der Waals surface area contributed by atoms with Crippen LogP contribution in [-0.4, -0.2) is 19.3 Å². The molecular weight excluding hydrogens is 267 g/mol. The van der Waals surface area contributed by atoms with Crippen molar-refractivity contribution in [2.45, 2.75) is 32.2 Å². The first-order valence-electron chi connectivity index (χ1n) is 5.41. The Kier molecular flexibility index (Phi) is 4.87. The van der Waals surface area contributed by atoms with Gasteiger partial charge >= 0.3 is 6.18 Å². The number of halogens is 4.